The van der Waals surface area contributed by atoms with Crippen LogP contribution in [0.2, 0.25) is 0 Å². The van der Waals surface area contributed by atoms with Gasteiger partial charge in [-0.05, 0) is 23.6 Å². The fourth-order valence-corrected chi connectivity index (χ4v) is 2.66. The Balaban J connectivity index is 2.62. The first kappa shape index (κ1) is 15.1. The molecular formula is C13H21NO3S. The molecule has 0 unspecified atom stereocenters. The molecule has 4 nitrogen and oxygen atoms in total. The number of sulfone groups is 1. The molecule has 2 N–H and O–H groups in total. The Kier molecular flexibility index (Phi) is 5.78. The summed E-state index contributed by atoms with van der Waals surface area (Å²) in [7, 11) is -3.27. The molecular weight excluding hydrogens is 250 g/mol. The maximum Gasteiger partial charge on any atom is 0.180 e. The second-order valence-electron chi connectivity index (χ2n) is 4.64. The zero-order valence-corrected chi connectivity index (χ0v) is 11.7. The van der Waals surface area contributed by atoms with Gasteiger partial charge in [-0.2, -0.15) is 0 Å². The molecule has 5 heteroatoms. The largest absolute Gasteiger partial charge is 0.380 e. The Hall–Kier alpha value is -0.910. The molecule has 0 fully saturated rings. The summed E-state index contributed by atoms with van der Waals surface area (Å²) in [6.07, 6.45) is 0. The molecule has 18 heavy (non-hydrogen) atoms. The SMILES string of the molecule is CC(C)COCCS(=O)(=O)c1cccc(CN)c1. The summed E-state index contributed by atoms with van der Waals surface area (Å²) < 4.78 is 29.4. The third kappa shape index (κ3) is 4.76. The molecule has 0 aliphatic carbocycles. The Labute approximate surface area is 109 Å². The average Bonchev–Trinajstić information content (AvgIpc) is 2.34. The Morgan fingerprint density at radius 2 is 2.06 bits per heavy atom. The van der Waals surface area contributed by atoms with E-state index in [1.807, 2.05) is 19.9 Å². The topological polar surface area (TPSA) is 69.4 Å². The molecule has 0 radical (unpaired) electrons. The molecule has 0 bridgehead atoms. The summed E-state index contributed by atoms with van der Waals surface area (Å²) in [6.45, 7) is 5.21. The highest BCUT2D eigenvalue weighted by atomic mass is 32.2. The van der Waals surface area contributed by atoms with Gasteiger partial charge in [-0.3, -0.25) is 0 Å². The van der Waals surface area contributed by atoms with Crippen molar-refractivity contribution in [3.8, 4) is 0 Å². The summed E-state index contributed by atoms with van der Waals surface area (Å²) in [5.74, 6) is 0.418. The van der Waals surface area contributed by atoms with Crippen molar-refractivity contribution in [1.82, 2.24) is 0 Å². The molecule has 1 aromatic rings. The summed E-state index contributed by atoms with van der Waals surface area (Å²) in [4.78, 5) is 0.318. The minimum atomic E-state index is -3.27. The van der Waals surface area contributed by atoms with Crippen molar-refractivity contribution >= 4 is 9.84 Å². The molecule has 0 saturated heterocycles. The van der Waals surface area contributed by atoms with Gasteiger partial charge < -0.3 is 10.5 Å². The van der Waals surface area contributed by atoms with Gasteiger partial charge in [0.25, 0.3) is 0 Å². The van der Waals surface area contributed by atoms with Gasteiger partial charge in [-0.15, -0.1) is 0 Å². The molecule has 1 aromatic carbocycles. The first-order valence-corrected chi connectivity index (χ1v) is 7.70. The van der Waals surface area contributed by atoms with Crippen molar-refractivity contribution < 1.29 is 13.2 Å². The Morgan fingerprint density at radius 3 is 2.67 bits per heavy atom. The lowest BCUT2D eigenvalue weighted by molar-refractivity contribution is 0.123. The van der Waals surface area contributed by atoms with E-state index < -0.39 is 9.84 Å². The second-order valence-corrected chi connectivity index (χ2v) is 6.75. The predicted octanol–water partition coefficient (Wildman–Crippen LogP) is 1.59. The average molecular weight is 271 g/mol. The lowest BCUT2D eigenvalue weighted by atomic mass is 10.2. The van der Waals surface area contributed by atoms with Gasteiger partial charge in [0.2, 0.25) is 0 Å². The van der Waals surface area contributed by atoms with Crippen molar-refractivity contribution in [3.63, 3.8) is 0 Å². The van der Waals surface area contributed by atoms with E-state index in [0.29, 0.717) is 24.0 Å². The lowest BCUT2D eigenvalue weighted by Gasteiger charge is -2.08. The number of hydrogen-bond donors (Lipinski definition) is 1. The van der Waals surface area contributed by atoms with Crippen molar-refractivity contribution in [2.75, 3.05) is 19.0 Å². The smallest absolute Gasteiger partial charge is 0.180 e. The van der Waals surface area contributed by atoms with Gasteiger partial charge in [0.05, 0.1) is 17.3 Å². The fraction of sp³-hybridized carbons (Fsp3) is 0.538. The highest BCUT2D eigenvalue weighted by molar-refractivity contribution is 7.91. The van der Waals surface area contributed by atoms with Crippen molar-refractivity contribution in [1.29, 1.82) is 0 Å². The van der Waals surface area contributed by atoms with Crippen LogP contribution in [0.3, 0.4) is 0 Å². The quantitative estimate of drug-likeness (QED) is 0.765. The van der Waals surface area contributed by atoms with Gasteiger partial charge in [-0.1, -0.05) is 26.0 Å². The number of rotatable bonds is 7. The number of benzene rings is 1. The summed E-state index contributed by atoms with van der Waals surface area (Å²) in [6, 6.07) is 6.74. The zero-order chi connectivity index (χ0) is 13.6. The van der Waals surface area contributed by atoms with Gasteiger partial charge >= 0.3 is 0 Å². The van der Waals surface area contributed by atoms with E-state index in [1.165, 1.54) is 0 Å². The van der Waals surface area contributed by atoms with Gasteiger partial charge in [-0.25, -0.2) is 8.42 Å². The molecule has 0 aromatic heterocycles. The van der Waals surface area contributed by atoms with E-state index in [-0.39, 0.29) is 12.4 Å². The first-order valence-electron chi connectivity index (χ1n) is 6.05. The second kappa shape index (κ2) is 6.87. The summed E-state index contributed by atoms with van der Waals surface area (Å²) >= 11 is 0. The highest BCUT2D eigenvalue weighted by Gasteiger charge is 2.14. The maximum atomic E-state index is 12.0. The van der Waals surface area contributed by atoms with E-state index in [0.717, 1.165) is 5.56 Å². The van der Waals surface area contributed by atoms with Crippen LogP contribution in [-0.4, -0.2) is 27.4 Å². The van der Waals surface area contributed by atoms with Crippen molar-refractivity contribution in [2.45, 2.75) is 25.3 Å². The predicted molar refractivity (Wildman–Crippen MR) is 72.0 cm³/mol. The van der Waals surface area contributed by atoms with E-state index in [4.69, 9.17) is 10.5 Å². The minimum Gasteiger partial charge on any atom is -0.380 e. The molecule has 0 atom stereocenters. The molecule has 0 saturated carbocycles. The Bertz CT molecular complexity index is 469. The maximum absolute atomic E-state index is 12.0. The summed E-state index contributed by atoms with van der Waals surface area (Å²) in [5, 5.41) is 0. The van der Waals surface area contributed by atoms with Gasteiger partial charge in [0.1, 0.15) is 0 Å². The highest BCUT2D eigenvalue weighted by Crippen LogP contribution is 2.13. The Morgan fingerprint density at radius 1 is 1.33 bits per heavy atom. The van der Waals surface area contributed by atoms with Crippen LogP contribution in [0.5, 0.6) is 0 Å². The van der Waals surface area contributed by atoms with E-state index >= 15 is 0 Å². The van der Waals surface area contributed by atoms with Crippen LogP contribution in [0.25, 0.3) is 0 Å². The van der Waals surface area contributed by atoms with Gasteiger partial charge in [0.15, 0.2) is 9.84 Å². The van der Waals surface area contributed by atoms with Crippen LogP contribution in [0.4, 0.5) is 0 Å². The van der Waals surface area contributed by atoms with Crippen LogP contribution >= 0.6 is 0 Å². The van der Waals surface area contributed by atoms with Crippen LogP contribution in [0.15, 0.2) is 29.2 Å². The number of nitrogens with two attached hydrogens (primary N) is 1. The molecule has 0 aliphatic rings. The van der Waals surface area contributed by atoms with Crippen LogP contribution in [0.1, 0.15) is 19.4 Å². The monoisotopic (exact) mass is 271 g/mol. The van der Waals surface area contributed by atoms with Crippen LogP contribution in [0, 0.1) is 5.92 Å². The minimum absolute atomic E-state index is 0.00768. The molecule has 0 amide bonds. The molecule has 0 aliphatic heterocycles. The molecule has 1 rings (SSSR count). The third-order valence-corrected chi connectivity index (χ3v) is 4.12. The molecule has 0 heterocycles. The van der Waals surface area contributed by atoms with Gasteiger partial charge in [0, 0.05) is 13.2 Å². The summed E-state index contributed by atoms with van der Waals surface area (Å²) in [5.41, 5.74) is 6.32. The standard InChI is InChI=1S/C13H21NO3S/c1-11(2)10-17-6-7-18(15,16)13-5-3-4-12(8-13)9-14/h3-5,8,11H,6-7,9-10,14H2,1-2H3. The number of hydrogen-bond acceptors (Lipinski definition) is 4. The van der Waals surface area contributed by atoms with Crippen molar-refractivity contribution in [3.05, 3.63) is 29.8 Å². The fourth-order valence-electron chi connectivity index (χ4n) is 1.47. The van der Waals surface area contributed by atoms with Crippen LogP contribution < -0.4 is 5.73 Å². The van der Waals surface area contributed by atoms with E-state index in [1.54, 1.807) is 18.2 Å². The normalized spacial score (nSPS) is 12.0. The number of ether oxygens (including phenoxy) is 1. The third-order valence-electron chi connectivity index (χ3n) is 2.44. The lowest BCUT2D eigenvalue weighted by Crippen LogP contribution is -2.14. The first-order chi connectivity index (χ1) is 8.45. The molecule has 0 spiro atoms. The van der Waals surface area contributed by atoms with E-state index in [2.05, 4.69) is 0 Å². The van der Waals surface area contributed by atoms with Crippen molar-refractivity contribution in [2.24, 2.45) is 11.7 Å². The molecule has 102 valence electrons. The van der Waals surface area contributed by atoms with Crippen LogP contribution in [-0.2, 0) is 21.1 Å². The zero-order valence-electron chi connectivity index (χ0n) is 10.9. The van der Waals surface area contributed by atoms with E-state index in [9.17, 15) is 8.42 Å².